The summed E-state index contributed by atoms with van der Waals surface area (Å²) in [7, 11) is 1.48. The molecule has 0 aromatic carbocycles. The minimum atomic E-state index is -1.17. The lowest BCUT2D eigenvalue weighted by Crippen LogP contribution is -2.27. The van der Waals surface area contributed by atoms with E-state index in [1.54, 1.807) is 0 Å². The summed E-state index contributed by atoms with van der Waals surface area (Å²) in [5.74, 6) is -1.60. The highest BCUT2D eigenvalue weighted by Gasteiger charge is 2.02. The van der Waals surface area contributed by atoms with Crippen LogP contribution in [-0.4, -0.2) is 47.2 Å². The second-order valence-corrected chi connectivity index (χ2v) is 2.15. The van der Waals surface area contributed by atoms with E-state index in [0.717, 1.165) is 12.2 Å². The summed E-state index contributed by atoms with van der Waals surface area (Å²) in [6.07, 6.45) is 1.70. The number of aliphatic carboxylic acids is 1. The van der Waals surface area contributed by atoms with E-state index in [2.05, 4.69) is 0 Å². The third-order valence-corrected chi connectivity index (χ3v) is 1.18. The molecule has 12 heavy (non-hydrogen) atoms. The van der Waals surface area contributed by atoms with Crippen LogP contribution >= 0.6 is 0 Å². The van der Waals surface area contributed by atoms with E-state index in [1.165, 1.54) is 11.9 Å². The molecule has 0 aliphatic heterocycles. The van der Waals surface area contributed by atoms with Gasteiger partial charge < -0.3 is 15.1 Å². The van der Waals surface area contributed by atoms with Crippen molar-refractivity contribution in [3.8, 4) is 0 Å². The van der Waals surface area contributed by atoms with Crippen LogP contribution in [0.2, 0.25) is 0 Å². The minimum Gasteiger partial charge on any atom is -0.478 e. The Hall–Kier alpha value is -1.36. The normalized spacial score (nSPS) is 10.2. The molecule has 0 aliphatic carbocycles. The average molecular weight is 173 g/mol. The molecule has 0 fully saturated rings. The SMILES string of the molecule is CN(CCO)C(=O)/C=C\C(=O)O. The highest BCUT2D eigenvalue weighted by molar-refractivity contribution is 5.93. The third-order valence-electron chi connectivity index (χ3n) is 1.18. The summed E-state index contributed by atoms with van der Waals surface area (Å²) < 4.78 is 0. The van der Waals surface area contributed by atoms with Crippen LogP contribution in [0.5, 0.6) is 0 Å². The summed E-state index contributed by atoms with van der Waals surface area (Å²) in [5, 5.41) is 16.6. The Labute approximate surface area is 69.9 Å². The Kier molecular flexibility index (Phi) is 4.71. The van der Waals surface area contributed by atoms with E-state index in [-0.39, 0.29) is 13.2 Å². The van der Waals surface area contributed by atoms with E-state index >= 15 is 0 Å². The van der Waals surface area contributed by atoms with Crippen molar-refractivity contribution in [2.75, 3.05) is 20.2 Å². The van der Waals surface area contributed by atoms with Gasteiger partial charge in [0.25, 0.3) is 0 Å². The maximum Gasteiger partial charge on any atom is 0.328 e. The molecule has 5 nitrogen and oxygen atoms in total. The van der Waals surface area contributed by atoms with Gasteiger partial charge in [-0.25, -0.2) is 4.79 Å². The van der Waals surface area contributed by atoms with Crippen LogP contribution in [0.15, 0.2) is 12.2 Å². The summed E-state index contributed by atoms with van der Waals surface area (Å²) in [5.41, 5.74) is 0. The maximum absolute atomic E-state index is 10.9. The van der Waals surface area contributed by atoms with E-state index in [1.807, 2.05) is 0 Å². The maximum atomic E-state index is 10.9. The van der Waals surface area contributed by atoms with Crippen LogP contribution in [0.1, 0.15) is 0 Å². The van der Waals surface area contributed by atoms with Gasteiger partial charge in [-0.15, -0.1) is 0 Å². The van der Waals surface area contributed by atoms with E-state index < -0.39 is 11.9 Å². The highest BCUT2D eigenvalue weighted by Crippen LogP contribution is 1.85. The van der Waals surface area contributed by atoms with Gasteiger partial charge in [0.1, 0.15) is 0 Å². The van der Waals surface area contributed by atoms with Gasteiger partial charge in [0, 0.05) is 25.7 Å². The molecule has 0 radical (unpaired) electrons. The minimum absolute atomic E-state index is 0.136. The van der Waals surface area contributed by atoms with Gasteiger partial charge in [0.2, 0.25) is 5.91 Å². The van der Waals surface area contributed by atoms with Gasteiger partial charge in [-0.2, -0.15) is 0 Å². The Balaban J connectivity index is 3.94. The van der Waals surface area contributed by atoms with Crippen LogP contribution < -0.4 is 0 Å². The van der Waals surface area contributed by atoms with Crippen molar-refractivity contribution in [2.24, 2.45) is 0 Å². The van der Waals surface area contributed by atoms with Gasteiger partial charge in [-0.05, 0) is 0 Å². The summed E-state index contributed by atoms with van der Waals surface area (Å²) in [6.45, 7) is 0.0615. The zero-order valence-corrected chi connectivity index (χ0v) is 6.73. The van der Waals surface area contributed by atoms with Crippen LogP contribution in [0.4, 0.5) is 0 Å². The molecule has 0 bridgehead atoms. The molecule has 0 saturated heterocycles. The number of aliphatic hydroxyl groups is 1. The predicted octanol–water partition coefficient (Wildman–Crippen LogP) is -0.922. The number of rotatable bonds is 4. The molecule has 5 heteroatoms. The number of hydrogen-bond donors (Lipinski definition) is 2. The lowest BCUT2D eigenvalue weighted by molar-refractivity contribution is -0.132. The first-order valence-electron chi connectivity index (χ1n) is 3.35. The first-order valence-corrected chi connectivity index (χ1v) is 3.35. The Morgan fingerprint density at radius 2 is 2.00 bits per heavy atom. The zero-order chi connectivity index (χ0) is 9.56. The van der Waals surface area contributed by atoms with Gasteiger partial charge >= 0.3 is 5.97 Å². The molecule has 2 N–H and O–H groups in total. The molecule has 0 rings (SSSR count). The van der Waals surface area contributed by atoms with E-state index in [0.29, 0.717) is 0 Å². The van der Waals surface area contributed by atoms with Crippen molar-refractivity contribution >= 4 is 11.9 Å². The molecule has 0 spiro atoms. The molecule has 0 atom stereocenters. The number of amides is 1. The molecule has 1 amide bonds. The first kappa shape index (κ1) is 10.6. The van der Waals surface area contributed by atoms with Gasteiger partial charge in [-0.1, -0.05) is 0 Å². The van der Waals surface area contributed by atoms with E-state index in [9.17, 15) is 9.59 Å². The molecule has 0 unspecified atom stereocenters. The summed E-state index contributed by atoms with van der Waals surface area (Å²) >= 11 is 0. The lowest BCUT2D eigenvalue weighted by Gasteiger charge is -2.11. The second-order valence-electron chi connectivity index (χ2n) is 2.15. The first-order chi connectivity index (χ1) is 5.57. The summed E-state index contributed by atoms with van der Waals surface area (Å²) in [6, 6.07) is 0. The fourth-order valence-corrected chi connectivity index (χ4v) is 0.530. The molecule has 68 valence electrons. The molecule has 0 aliphatic rings. The van der Waals surface area contributed by atoms with Gasteiger partial charge in [0.15, 0.2) is 0 Å². The quantitative estimate of drug-likeness (QED) is 0.539. The third kappa shape index (κ3) is 4.45. The number of carbonyl (C=O) groups excluding carboxylic acids is 1. The average Bonchev–Trinajstić information content (AvgIpc) is 2.00. The number of carbonyl (C=O) groups is 2. The molecule has 0 saturated carbocycles. The van der Waals surface area contributed by atoms with Gasteiger partial charge in [0.05, 0.1) is 6.61 Å². The monoisotopic (exact) mass is 173 g/mol. The number of carboxylic acid groups (broad SMARTS) is 1. The van der Waals surface area contributed by atoms with Crippen molar-refractivity contribution in [3.05, 3.63) is 12.2 Å². The highest BCUT2D eigenvalue weighted by atomic mass is 16.4. The number of aliphatic hydroxyl groups excluding tert-OH is 1. The number of carboxylic acids is 1. The standard InChI is InChI=1S/C7H11NO4/c1-8(4-5-9)6(10)2-3-7(11)12/h2-3,9H,4-5H2,1H3,(H,11,12)/b3-2-. The van der Waals surface area contributed by atoms with Crippen molar-refractivity contribution in [1.82, 2.24) is 4.90 Å². The van der Waals surface area contributed by atoms with E-state index in [4.69, 9.17) is 10.2 Å². The number of likely N-dealkylation sites (N-methyl/N-ethyl adjacent to an activating group) is 1. The molecule has 0 aromatic rings. The number of nitrogens with zero attached hydrogens (tertiary/aromatic N) is 1. The van der Waals surface area contributed by atoms with Crippen LogP contribution in [0.25, 0.3) is 0 Å². The largest absolute Gasteiger partial charge is 0.478 e. The Bertz CT molecular complexity index is 200. The van der Waals surface area contributed by atoms with Crippen molar-refractivity contribution in [3.63, 3.8) is 0 Å². The Morgan fingerprint density at radius 1 is 1.42 bits per heavy atom. The second kappa shape index (κ2) is 5.31. The topological polar surface area (TPSA) is 77.8 Å². The van der Waals surface area contributed by atoms with Crippen LogP contribution in [0.3, 0.4) is 0 Å². The van der Waals surface area contributed by atoms with Crippen LogP contribution in [0, 0.1) is 0 Å². The predicted molar refractivity (Wildman–Crippen MR) is 41.5 cm³/mol. The lowest BCUT2D eigenvalue weighted by atomic mass is 10.4. The number of hydrogen-bond acceptors (Lipinski definition) is 3. The van der Waals surface area contributed by atoms with Crippen molar-refractivity contribution in [2.45, 2.75) is 0 Å². The zero-order valence-electron chi connectivity index (χ0n) is 6.73. The Morgan fingerprint density at radius 3 is 2.42 bits per heavy atom. The smallest absolute Gasteiger partial charge is 0.328 e. The van der Waals surface area contributed by atoms with Crippen LogP contribution in [-0.2, 0) is 9.59 Å². The molecular formula is C7H11NO4. The summed E-state index contributed by atoms with van der Waals surface area (Å²) in [4.78, 5) is 22.1. The van der Waals surface area contributed by atoms with Crippen molar-refractivity contribution in [1.29, 1.82) is 0 Å². The fraction of sp³-hybridized carbons (Fsp3) is 0.429. The molecular weight excluding hydrogens is 162 g/mol. The molecule has 0 aromatic heterocycles. The fourth-order valence-electron chi connectivity index (χ4n) is 0.530. The van der Waals surface area contributed by atoms with Crippen molar-refractivity contribution < 1.29 is 19.8 Å². The molecule has 0 heterocycles. The van der Waals surface area contributed by atoms with Gasteiger partial charge in [-0.3, -0.25) is 4.79 Å².